The zero-order chi connectivity index (χ0) is 41.5. The van der Waals surface area contributed by atoms with Crippen LogP contribution < -0.4 is 16.0 Å². The van der Waals surface area contributed by atoms with Crippen LogP contribution in [0.2, 0.25) is 10.0 Å². The van der Waals surface area contributed by atoms with Crippen molar-refractivity contribution in [2.45, 2.75) is 13.3 Å². The highest BCUT2D eigenvalue weighted by Crippen LogP contribution is 2.35. The number of pyridine rings is 4. The highest BCUT2D eigenvalue weighted by molar-refractivity contribution is 6.31. The minimum absolute atomic E-state index is 0.118. The van der Waals surface area contributed by atoms with Crippen LogP contribution in [-0.4, -0.2) is 38.9 Å². The van der Waals surface area contributed by atoms with E-state index in [0.29, 0.717) is 61.6 Å². The second-order valence-electron chi connectivity index (χ2n) is 12.9. The lowest BCUT2D eigenvalue weighted by Crippen LogP contribution is -2.10. The van der Waals surface area contributed by atoms with E-state index < -0.39 is 17.6 Å². The van der Waals surface area contributed by atoms with Gasteiger partial charge in [0.25, 0.3) is 0 Å². The number of anilines is 5. The number of carbonyl (C=O) groups excluding carboxylic acids is 2. The quantitative estimate of drug-likeness (QED) is 0.122. The molecule has 4 aromatic carbocycles. The molecule has 0 aliphatic heterocycles. The number of benzene rings is 4. The largest absolute Gasteiger partial charge is 0.465 e. The number of ether oxygens (including phenoxy) is 1. The number of nitrogens with one attached hydrogen (secondary N) is 3. The van der Waals surface area contributed by atoms with Crippen molar-refractivity contribution >= 4 is 85.5 Å². The van der Waals surface area contributed by atoms with Crippen LogP contribution >= 0.6 is 23.2 Å². The number of hydrogen-bond donors (Lipinski definition) is 3. The molecule has 4 heterocycles. The molecule has 0 radical (unpaired) electrons. The minimum atomic E-state index is -0.514. The standard InChI is InChI=1S/C23H18ClFN4O.C22H15ClFN3O2/c1-2-23(30)29-22-12-15(9-10-26-22)27-20-13-21(17-11-14(24)7-8-18(17)25)28-19-6-4-3-5-16(19)20;1-29-22(28)16-12-25-9-8-19(16)27-20-11-21(15-10-13(23)6-7-17(15)24)26-18-5-3-2-4-14(18)20/h3-13H,2H2,1H3,(H2,26,27,28,29,30);2-12H,1H3,(H,25,26,27). The summed E-state index contributed by atoms with van der Waals surface area (Å²) in [7, 11) is 1.31. The SMILES string of the molecule is CCC(=O)Nc1cc(Nc2cc(-c3cc(Cl)ccc3F)nc3ccccc23)ccn1.COC(=O)c1cnccc1Nc1cc(-c2cc(Cl)ccc2F)nc2ccccc12. The van der Waals surface area contributed by atoms with Crippen molar-refractivity contribution in [1.82, 2.24) is 19.9 Å². The molecule has 3 N–H and O–H groups in total. The van der Waals surface area contributed by atoms with Crippen LogP contribution in [0, 0.1) is 11.6 Å². The lowest BCUT2D eigenvalue weighted by Gasteiger charge is -2.14. The third kappa shape index (κ3) is 9.41. The van der Waals surface area contributed by atoms with Gasteiger partial charge in [-0.05, 0) is 72.8 Å². The third-order valence-corrected chi connectivity index (χ3v) is 9.43. The Morgan fingerprint density at radius 2 is 1.25 bits per heavy atom. The van der Waals surface area contributed by atoms with Gasteiger partial charge < -0.3 is 20.7 Å². The zero-order valence-electron chi connectivity index (χ0n) is 31.4. The molecule has 4 aromatic heterocycles. The van der Waals surface area contributed by atoms with Gasteiger partial charge in [0.1, 0.15) is 23.0 Å². The number of nitrogens with zero attached hydrogens (tertiary/aromatic N) is 4. The van der Waals surface area contributed by atoms with E-state index in [1.54, 1.807) is 55.7 Å². The fourth-order valence-electron chi connectivity index (χ4n) is 6.11. The molecule has 0 bridgehead atoms. The average molecular weight is 829 g/mol. The lowest BCUT2D eigenvalue weighted by atomic mass is 10.1. The second kappa shape index (κ2) is 18.1. The Bertz CT molecular complexity index is 2860. The van der Waals surface area contributed by atoms with E-state index in [1.165, 1.54) is 43.6 Å². The molecule has 8 rings (SSSR count). The van der Waals surface area contributed by atoms with E-state index in [9.17, 15) is 18.4 Å². The first kappa shape index (κ1) is 40.2. The van der Waals surface area contributed by atoms with Crippen molar-refractivity contribution in [3.05, 3.63) is 161 Å². The number of amides is 1. The van der Waals surface area contributed by atoms with Gasteiger partial charge in [0.05, 0.1) is 46.6 Å². The van der Waals surface area contributed by atoms with Crippen LogP contribution in [0.25, 0.3) is 44.3 Å². The van der Waals surface area contributed by atoms with E-state index in [1.807, 2.05) is 48.5 Å². The van der Waals surface area contributed by atoms with Crippen LogP contribution in [0.15, 0.2) is 134 Å². The summed E-state index contributed by atoms with van der Waals surface area (Å²) in [5.74, 6) is -1.01. The molecule has 0 fully saturated rings. The molecule has 0 saturated heterocycles. The van der Waals surface area contributed by atoms with Gasteiger partial charge in [0.15, 0.2) is 0 Å². The predicted octanol–water partition coefficient (Wildman–Crippen LogP) is 11.8. The molecule has 0 aliphatic rings. The average Bonchev–Trinajstić information content (AvgIpc) is 3.25. The Balaban J connectivity index is 0.000000179. The molecule has 0 spiro atoms. The van der Waals surface area contributed by atoms with Crippen molar-refractivity contribution < 1.29 is 23.1 Å². The number of aromatic nitrogens is 4. The Labute approximate surface area is 347 Å². The molecule has 0 atom stereocenters. The van der Waals surface area contributed by atoms with Gasteiger partial charge in [0, 0.05) is 68.7 Å². The van der Waals surface area contributed by atoms with E-state index in [4.69, 9.17) is 27.9 Å². The number of hydrogen-bond acceptors (Lipinski definition) is 9. The summed E-state index contributed by atoms with van der Waals surface area (Å²) in [5, 5.41) is 11.8. The number of carbonyl (C=O) groups is 2. The van der Waals surface area contributed by atoms with Gasteiger partial charge in [-0.3, -0.25) is 9.78 Å². The molecule has 0 unspecified atom stereocenters. The smallest absolute Gasteiger partial charge is 0.341 e. The molecule has 8 aromatic rings. The Kier molecular flexibility index (Phi) is 12.3. The lowest BCUT2D eigenvalue weighted by molar-refractivity contribution is -0.115. The van der Waals surface area contributed by atoms with Gasteiger partial charge >= 0.3 is 5.97 Å². The van der Waals surface area contributed by atoms with E-state index in [0.717, 1.165) is 22.1 Å². The third-order valence-electron chi connectivity index (χ3n) is 8.96. The molecular formula is C45H33Cl2F2N7O3. The highest BCUT2D eigenvalue weighted by Gasteiger charge is 2.17. The normalized spacial score (nSPS) is 10.7. The summed E-state index contributed by atoms with van der Waals surface area (Å²) in [6, 6.07) is 32.4. The van der Waals surface area contributed by atoms with Gasteiger partial charge in [-0.1, -0.05) is 66.5 Å². The molecular weight excluding hydrogens is 795 g/mol. The molecule has 59 heavy (non-hydrogen) atoms. The Morgan fingerprint density at radius 3 is 1.83 bits per heavy atom. The summed E-state index contributed by atoms with van der Waals surface area (Å²) in [5.41, 5.74) is 5.79. The second-order valence-corrected chi connectivity index (χ2v) is 13.8. The predicted molar refractivity (Wildman–Crippen MR) is 230 cm³/mol. The Hall–Kier alpha value is -7.02. The first-order valence-corrected chi connectivity index (χ1v) is 18.9. The fourth-order valence-corrected chi connectivity index (χ4v) is 6.45. The summed E-state index contributed by atoms with van der Waals surface area (Å²) in [6.07, 6.45) is 4.96. The molecule has 10 nitrogen and oxygen atoms in total. The first-order valence-electron chi connectivity index (χ1n) is 18.1. The van der Waals surface area contributed by atoms with Crippen LogP contribution in [0.3, 0.4) is 0 Å². The van der Waals surface area contributed by atoms with Crippen LogP contribution in [0.1, 0.15) is 23.7 Å². The maximum atomic E-state index is 14.5. The van der Waals surface area contributed by atoms with Gasteiger partial charge in [-0.2, -0.15) is 0 Å². The Morgan fingerprint density at radius 1 is 0.678 bits per heavy atom. The van der Waals surface area contributed by atoms with Crippen molar-refractivity contribution in [3.8, 4) is 22.5 Å². The van der Waals surface area contributed by atoms with Crippen LogP contribution in [0.4, 0.5) is 37.3 Å². The number of rotatable bonds is 9. The number of methoxy groups -OCH3 is 1. The number of halogens is 4. The topological polar surface area (TPSA) is 131 Å². The molecule has 0 aliphatic carbocycles. The van der Waals surface area contributed by atoms with Crippen LogP contribution in [-0.2, 0) is 9.53 Å². The van der Waals surface area contributed by atoms with Gasteiger partial charge in [0.2, 0.25) is 5.91 Å². The van der Waals surface area contributed by atoms with Crippen molar-refractivity contribution in [2.24, 2.45) is 0 Å². The summed E-state index contributed by atoms with van der Waals surface area (Å²) < 4.78 is 33.7. The number of esters is 1. The van der Waals surface area contributed by atoms with Crippen molar-refractivity contribution in [1.29, 1.82) is 0 Å². The van der Waals surface area contributed by atoms with Gasteiger partial charge in [-0.15, -0.1) is 0 Å². The maximum Gasteiger partial charge on any atom is 0.341 e. The molecule has 1 amide bonds. The summed E-state index contributed by atoms with van der Waals surface area (Å²) >= 11 is 12.1. The first-order chi connectivity index (χ1) is 28.6. The number of fused-ring (bicyclic) bond motifs is 2. The molecule has 14 heteroatoms. The van der Waals surface area contributed by atoms with E-state index >= 15 is 0 Å². The molecule has 0 saturated carbocycles. The molecule has 294 valence electrons. The summed E-state index contributed by atoms with van der Waals surface area (Å²) in [4.78, 5) is 41.1. The van der Waals surface area contributed by atoms with Crippen molar-refractivity contribution in [2.75, 3.05) is 23.1 Å². The maximum absolute atomic E-state index is 14.5. The highest BCUT2D eigenvalue weighted by atomic mass is 35.5. The number of para-hydroxylation sites is 2. The van der Waals surface area contributed by atoms with E-state index in [2.05, 4.69) is 35.9 Å². The minimum Gasteiger partial charge on any atom is -0.465 e. The van der Waals surface area contributed by atoms with Crippen molar-refractivity contribution in [3.63, 3.8) is 0 Å². The zero-order valence-corrected chi connectivity index (χ0v) is 32.9. The summed E-state index contributed by atoms with van der Waals surface area (Å²) in [6.45, 7) is 1.77. The monoisotopic (exact) mass is 827 g/mol. The van der Waals surface area contributed by atoms with E-state index in [-0.39, 0.29) is 17.0 Å². The fraction of sp³-hybridized carbons (Fsp3) is 0.0667. The van der Waals surface area contributed by atoms with Gasteiger partial charge in [-0.25, -0.2) is 28.5 Å². The van der Waals surface area contributed by atoms with Crippen LogP contribution in [0.5, 0.6) is 0 Å².